The number of Topliss-reactive ketones (excluding diaryl/α,β-unsaturated/α-hetero) is 1. The summed E-state index contributed by atoms with van der Waals surface area (Å²) in [5.74, 6) is -0.911. The van der Waals surface area contributed by atoms with Crippen LogP contribution in [0.2, 0.25) is 0 Å². The molecule has 0 bridgehead atoms. The van der Waals surface area contributed by atoms with Crippen LogP contribution in [0.4, 0.5) is 17.1 Å². The number of benzene rings is 2. The maximum atomic E-state index is 12.3. The SMILES string of the molecule is CC(=O)Nc1ccc(NC(=O)CN(C(C)=O)c2ccc(C(C)=O)cc2)cc1. The maximum absolute atomic E-state index is 12.3. The zero-order valence-corrected chi connectivity index (χ0v) is 15.4. The zero-order valence-electron chi connectivity index (χ0n) is 15.4. The Bertz CT molecular complexity index is 858. The van der Waals surface area contributed by atoms with Crippen molar-refractivity contribution < 1.29 is 19.2 Å². The summed E-state index contributed by atoms with van der Waals surface area (Å²) in [7, 11) is 0. The highest BCUT2D eigenvalue weighted by Gasteiger charge is 2.16. The molecule has 0 unspecified atom stereocenters. The van der Waals surface area contributed by atoms with Gasteiger partial charge in [0.25, 0.3) is 0 Å². The summed E-state index contributed by atoms with van der Waals surface area (Å²) in [4.78, 5) is 47.9. The molecule has 2 aromatic carbocycles. The van der Waals surface area contributed by atoms with Crippen LogP contribution in [0.5, 0.6) is 0 Å². The lowest BCUT2D eigenvalue weighted by Gasteiger charge is -2.21. The van der Waals surface area contributed by atoms with Crippen LogP contribution < -0.4 is 15.5 Å². The standard InChI is InChI=1S/C20H21N3O4/c1-13(24)16-4-10-19(11-5-16)23(15(3)26)12-20(27)22-18-8-6-17(7-9-18)21-14(2)25/h4-11H,12H2,1-3H3,(H,21,25)(H,22,27). The fraction of sp³-hybridized carbons (Fsp3) is 0.200. The molecule has 27 heavy (non-hydrogen) atoms. The third-order valence-electron chi connectivity index (χ3n) is 3.76. The molecule has 0 radical (unpaired) electrons. The largest absolute Gasteiger partial charge is 0.326 e. The highest BCUT2D eigenvalue weighted by Crippen LogP contribution is 2.17. The van der Waals surface area contributed by atoms with E-state index in [-0.39, 0.29) is 30.0 Å². The number of amides is 3. The van der Waals surface area contributed by atoms with Crippen LogP contribution >= 0.6 is 0 Å². The number of rotatable bonds is 6. The normalized spacial score (nSPS) is 10.0. The molecule has 7 heteroatoms. The van der Waals surface area contributed by atoms with E-state index in [1.165, 1.54) is 25.7 Å². The molecule has 140 valence electrons. The van der Waals surface area contributed by atoms with Crippen LogP contribution in [0.25, 0.3) is 0 Å². The molecule has 0 aliphatic carbocycles. The van der Waals surface area contributed by atoms with Gasteiger partial charge < -0.3 is 15.5 Å². The average Bonchev–Trinajstić information content (AvgIpc) is 2.61. The van der Waals surface area contributed by atoms with Gasteiger partial charge in [0.2, 0.25) is 17.7 Å². The number of hydrogen-bond donors (Lipinski definition) is 2. The Balaban J connectivity index is 2.05. The summed E-state index contributed by atoms with van der Waals surface area (Å²) in [6.07, 6.45) is 0. The van der Waals surface area contributed by atoms with Gasteiger partial charge in [-0.15, -0.1) is 0 Å². The summed E-state index contributed by atoms with van der Waals surface area (Å²) in [6, 6.07) is 13.1. The zero-order chi connectivity index (χ0) is 20.0. The Morgan fingerprint density at radius 3 is 1.74 bits per heavy atom. The van der Waals surface area contributed by atoms with Gasteiger partial charge in [-0.3, -0.25) is 19.2 Å². The molecule has 0 heterocycles. The molecular weight excluding hydrogens is 346 g/mol. The smallest absolute Gasteiger partial charge is 0.244 e. The Kier molecular flexibility index (Phi) is 6.43. The van der Waals surface area contributed by atoms with E-state index in [1.807, 2.05) is 0 Å². The first-order valence-corrected chi connectivity index (χ1v) is 8.33. The quantitative estimate of drug-likeness (QED) is 0.768. The van der Waals surface area contributed by atoms with Gasteiger partial charge in [-0.1, -0.05) is 0 Å². The van der Waals surface area contributed by atoms with Crippen LogP contribution in [0.15, 0.2) is 48.5 Å². The number of nitrogens with zero attached hydrogens (tertiary/aromatic N) is 1. The minimum absolute atomic E-state index is 0.0728. The van der Waals surface area contributed by atoms with E-state index in [4.69, 9.17) is 0 Å². The maximum Gasteiger partial charge on any atom is 0.244 e. The Hall–Kier alpha value is -3.48. The van der Waals surface area contributed by atoms with E-state index in [0.29, 0.717) is 22.6 Å². The van der Waals surface area contributed by atoms with Crippen molar-refractivity contribution in [2.24, 2.45) is 0 Å². The van der Waals surface area contributed by atoms with Gasteiger partial charge in [0.05, 0.1) is 0 Å². The van der Waals surface area contributed by atoms with Gasteiger partial charge in [-0.05, 0) is 55.5 Å². The topological polar surface area (TPSA) is 95.6 Å². The second-order valence-corrected chi connectivity index (χ2v) is 6.01. The molecule has 0 aliphatic rings. The van der Waals surface area contributed by atoms with Crippen molar-refractivity contribution in [1.82, 2.24) is 0 Å². The molecule has 0 aliphatic heterocycles. The molecule has 0 saturated carbocycles. The molecule has 0 saturated heterocycles. The third-order valence-corrected chi connectivity index (χ3v) is 3.76. The highest BCUT2D eigenvalue weighted by molar-refractivity contribution is 6.02. The summed E-state index contributed by atoms with van der Waals surface area (Å²) in [5, 5.41) is 5.35. The summed E-state index contributed by atoms with van der Waals surface area (Å²) in [6.45, 7) is 4.08. The second-order valence-electron chi connectivity index (χ2n) is 6.01. The fourth-order valence-corrected chi connectivity index (χ4v) is 2.44. The van der Waals surface area contributed by atoms with E-state index in [0.717, 1.165) is 0 Å². The van der Waals surface area contributed by atoms with Gasteiger partial charge in [0.1, 0.15) is 6.54 Å². The van der Waals surface area contributed by atoms with E-state index < -0.39 is 0 Å². The second kappa shape index (κ2) is 8.75. The van der Waals surface area contributed by atoms with Crippen LogP contribution in [0.3, 0.4) is 0 Å². The van der Waals surface area contributed by atoms with Crippen molar-refractivity contribution in [3.63, 3.8) is 0 Å². The molecule has 3 amide bonds. The number of hydrogen-bond acceptors (Lipinski definition) is 4. The van der Waals surface area contributed by atoms with E-state index in [2.05, 4.69) is 10.6 Å². The minimum atomic E-state index is -0.367. The molecule has 2 aromatic rings. The average molecular weight is 367 g/mol. The molecule has 0 atom stereocenters. The van der Waals surface area contributed by atoms with Gasteiger partial charge >= 0.3 is 0 Å². The van der Waals surface area contributed by atoms with Gasteiger partial charge in [0.15, 0.2) is 5.78 Å². The van der Waals surface area contributed by atoms with Crippen molar-refractivity contribution in [3.05, 3.63) is 54.1 Å². The number of anilines is 3. The van der Waals surface area contributed by atoms with Crippen molar-refractivity contribution >= 4 is 40.6 Å². The molecule has 2 N–H and O–H groups in total. The number of nitrogens with one attached hydrogen (secondary N) is 2. The van der Waals surface area contributed by atoms with Crippen molar-refractivity contribution in [1.29, 1.82) is 0 Å². The molecule has 0 fully saturated rings. The van der Waals surface area contributed by atoms with Gasteiger partial charge in [-0.25, -0.2) is 0 Å². The van der Waals surface area contributed by atoms with E-state index >= 15 is 0 Å². The highest BCUT2D eigenvalue weighted by atomic mass is 16.2. The molecule has 2 rings (SSSR count). The third kappa shape index (κ3) is 5.78. The van der Waals surface area contributed by atoms with Crippen LogP contribution in [0, 0.1) is 0 Å². The molecule has 7 nitrogen and oxygen atoms in total. The fourth-order valence-electron chi connectivity index (χ4n) is 2.44. The number of carbonyl (C=O) groups excluding carboxylic acids is 4. The predicted octanol–water partition coefficient (Wildman–Crippen LogP) is 2.84. The minimum Gasteiger partial charge on any atom is -0.326 e. The Morgan fingerprint density at radius 2 is 1.30 bits per heavy atom. The van der Waals surface area contributed by atoms with Crippen molar-refractivity contribution in [3.8, 4) is 0 Å². The van der Waals surface area contributed by atoms with Gasteiger partial charge in [0, 0.05) is 36.5 Å². The number of carbonyl (C=O) groups is 4. The first-order chi connectivity index (χ1) is 12.8. The molecular formula is C20H21N3O4. The summed E-state index contributed by atoms with van der Waals surface area (Å²) < 4.78 is 0. The first kappa shape index (κ1) is 19.8. The molecule has 0 aromatic heterocycles. The van der Waals surface area contributed by atoms with Crippen LogP contribution in [-0.2, 0) is 14.4 Å². The lowest BCUT2D eigenvalue weighted by atomic mass is 10.1. The van der Waals surface area contributed by atoms with Crippen molar-refractivity contribution in [2.75, 3.05) is 22.1 Å². The van der Waals surface area contributed by atoms with E-state index in [1.54, 1.807) is 48.5 Å². The van der Waals surface area contributed by atoms with Crippen molar-refractivity contribution in [2.45, 2.75) is 20.8 Å². The van der Waals surface area contributed by atoms with E-state index in [9.17, 15) is 19.2 Å². The summed E-state index contributed by atoms with van der Waals surface area (Å²) in [5.41, 5.74) is 2.23. The van der Waals surface area contributed by atoms with Crippen LogP contribution in [0.1, 0.15) is 31.1 Å². The van der Waals surface area contributed by atoms with Gasteiger partial charge in [-0.2, -0.15) is 0 Å². The Labute approximate surface area is 157 Å². The Morgan fingerprint density at radius 1 is 0.778 bits per heavy atom. The summed E-state index contributed by atoms with van der Waals surface area (Å²) >= 11 is 0. The first-order valence-electron chi connectivity index (χ1n) is 8.33. The number of ketones is 1. The molecule has 0 spiro atoms. The predicted molar refractivity (Wildman–Crippen MR) is 104 cm³/mol. The van der Waals surface area contributed by atoms with Crippen LogP contribution in [-0.4, -0.2) is 30.0 Å². The lowest BCUT2D eigenvalue weighted by molar-refractivity contribution is -0.120. The lowest BCUT2D eigenvalue weighted by Crippen LogP contribution is -2.36. The monoisotopic (exact) mass is 367 g/mol.